The van der Waals surface area contributed by atoms with Crippen molar-refractivity contribution >= 4 is 22.6 Å². The molecule has 2 atom stereocenters. The van der Waals surface area contributed by atoms with Gasteiger partial charge < -0.3 is 17.2 Å². The molecule has 0 bridgehead atoms. The summed E-state index contributed by atoms with van der Waals surface area (Å²) in [7, 11) is 0. The van der Waals surface area contributed by atoms with E-state index in [0.29, 0.717) is 6.54 Å². The molecule has 0 radical (unpaired) electrons. The summed E-state index contributed by atoms with van der Waals surface area (Å²) in [5.41, 5.74) is 16.4. The first-order chi connectivity index (χ1) is 4.20. The molecule has 2 unspecified atom stereocenters. The number of alkyl halides is 1. The highest BCUT2D eigenvalue weighted by molar-refractivity contribution is 14.1. The molecule has 0 aliphatic carbocycles. The molecule has 0 aromatic rings. The molecular weight excluding hydrogens is 229 g/mol. The Morgan fingerprint density at radius 1 is 1.22 bits per heavy atom. The molecule has 3 nitrogen and oxygen atoms in total. The average molecular weight is 243 g/mol. The van der Waals surface area contributed by atoms with Gasteiger partial charge in [0.15, 0.2) is 0 Å². The van der Waals surface area contributed by atoms with Crippen molar-refractivity contribution in [2.45, 2.75) is 18.5 Å². The van der Waals surface area contributed by atoms with Gasteiger partial charge in [-0.2, -0.15) is 0 Å². The van der Waals surface area contributed by atoms with Crippen LogP contribution in [-0.4, -0.2) is 23.1 Å². The lowest BCUT2D eigenvalue weighted by atomic mass is 10.1. The van der Waals surface area contributed by atoms with Crippen LogP contribution in [0.5, 0.6) is 0 Å². The van der Waals surface area contributed by atoms with Crippen LogP contribution in [0.25, 0.3) is 0 Å². The zero-order valence-electron chi connectivity index (χ0n) is 5.39. The van der Waals surface area contributed by atoms with Crippen LogP contribution >= 0.6 is 22.6 Å². The summed E-state index contributed by atoms with van der Waals surface area (Å²) in [5.74, 6) is 0. The fraction of sp³-hybridized carbons (Fsp3) is 1.00. The molecule has 0 amide bonds. The van der Waals surface area contributed by atoms with Crippen molar-refractivity contribution in [2.75, 3.05) is 11.0 Å². The minimum Gasteiger partial charge on any atom is -0.329 e. The van der Waals surface area contributed by atoms with Gasteiger partial charge in [0.2, 0.25) is 0 Å². The molecular formula is C5H14IN3. The molecule has 0 fully saturated rings. The van der Waals surface area contributed by atoms with Gasteiger partial charge in [-0.1, -0.05) is 22.6 Å². The predicted octanol–water partition coefficient (Wildman–Crippen LogP) is -0.575. The van der Waals surface area contributed by atoms with Crippen molar-refractivity contribution in [3.05, 3.63) is 0 Å². The van der Waals surface area contributed by atoms with E-state index in [9.17, 15) is 0 Å². The number of halogens is 1. The molecule has 0 aromatic heterocycles. The maximum Gasteiger partial charge on any atom is 0.0178 e. The first-order valence-electron chi connectivity index (χ1n) is 2.98. The minimum absolute atomic E-state index is 0.0785. The summed E-state index contributed by atoms with van der Waals surface area (Å²) in [6.07, 6.45) is 0.833. The number of hydrogen-bond donors (Lipinski definition) is 3. The second kappa shape index (κ2) is 5.40. The van der Waals surface area contributed by atoms with Gasteiger partial charge in [-0.15, -0.1) is 0 Å². The third-order valence-electron chi connectivity index (χ3n) is 1.11. The van der Waals surface area contributed by atoms with Gasteiger partial charge in [0, 0.05) is 23.1 Å². The summed E-state index contributed by atoms with van der Waals surface area (Å²) in [6, 6.07) is 0.291. The lowest BCUT2D eigenvalue weighted by molar-refractivity contribution is 0.562. The second-order valence-corrected chi connectivity index (χ2v) is 3.03. The molecule has 0 spiro atoms. The lowest BCUT2D eigenvalue weighted by Gasteiger charge is -2.12. The lowest BCUT2D eigenvalue weighted by Crippen LogP contribution is -2.37. The fourth-order valence-electron chi connectivity index (χ4n) is 0.548. The SMILES string of the molecule is NCC(N)CC(N)CI. The van der Waals surface area contributed by atoms with Crippen LogP contribution in [-0.2, 0) is 0 Å². The number of nitrogens with two attached hydrogens (primary N) is 3. The highest BCUT2D eigenvalue weighted by Crippen LogP contribution is 1.95. The van der Waals surface area contributed by atoms with Gasteiger partial charge in [-0.05, 0) is 6.42 Å². The molecule has 0 saturated carbocycles. The Balaban J connectivity index is 3.22. The summed E-state index contributed by atoms with van der Waals surface area (Å²) >= 11 is 2.24. The molecule has 0 aliphatic rings. The third-order valence-corrected chi connectivity index (χ3v) is 2.24. The Morgan fingerprint density at radius 2 is 1.78 bits per heavy atom. The average Bonchev–Trinajstić information content (AvgIpc) is 1.87. The van der Waals surface area contributed by atoms with Crippen LogP contribution in [0.1, 0.15) is 6.42 Å². The Morgan fingerprint density at radius 3 is 2.11 bits per heavy atom. The molecule has 0 aromatic carbocycles. The number of rotatable bonds is 4. The minimum atomic E-state index is 0.0785. The molecule has 4 heteroatoms. The Kier molecular flexibility index (Phi) is 5.77. The first kappa shape index (κ1) is 9.61. The second-order valence-electron chi connectivity index (χ2n) is 2.15. The summed E-state index contributed by atoms with van der Waals surface area (Å²) < 4.78 is 0.950. The topological polar surface area (TPSA) is 78.1 Å². The van der Waals surface area contributed by atoms with E-state index < -0.39 is 0 Å². The molecule has 0 rings (SSSR count). The van der Waals surface area contributed by atoms with Gasteiger partial charge in [-0.3, -0.25) is 0 Å². The van der Waals surface area contributed by atoms with Crippen molar-refractivity contribution in [3.8, 4) is 0 Å². The van der Waals surface area contributed by atoms with Crippen LogP contribution < -0.4 is 17.2 Å². The maximum atomic E-state index is 5.61. The standard InChI is InChI=1S/C5H14IN3/c6-2-4(8)1-5(9)3-7/h4-5H,1-3,7-9H2. The van der Waals surface area contributed by atoms with Crippen LogP contribution in [0.15, 0.2) is 0 Å². The van der Waals surface area contributed by atoms with Crippen molar-refractivity contribution in [3.63, 3.8) is 0 Å². The highest BCUT2D eigenvalue weighted by Gasteiger charge is 2.05. The Labute approximate surface area is 69.5 Å². The Hall–Kier alpha value is 0.610. The highest BCUT2D eigenvalue weighted by atomic mass is 127. The van der Waals surface area contributed by atoms with E-state index in [-0.39, 0.29) is 12.1 Å². The smallest absolute Gasteiger partial charge is 0.0178 e. The largest absolute Gasteiger partial charge is 0.329 e. The van der Waals surface area contributed by atoms with E-state index in [1.807, 2.05) is 0 Å². The van der Waals surface area contributed by atoms with Crippen molar-refractivity contribution in [1.29, 1.82) is 0 Å². The molecule has 0 aliphatic heterocycles. The van der Waals surface area contributed by atoms with Gasteiger partial charge in [0.05, 0.1) is 0 Å². The monoisotopic (exact) mass is 243 g/mol. The van der Waals surface area contributed by atoms with Gasteiger partial charge >= 0.3 is 0 Å². The van der Waals surface area contributed by atoms with E-state index in [1.165, 1.54) is 0 Å². The summed E-state index contributed by atoms with van der Waals surface area (Å²) in [5, 5.41) is 0. The number of hydrogen-bond acceptors (Lipinski definition) is 3. The van der Waals surface area contributed by atoms with Crippen LogP contribution in [0.2, 0.25) is 0 Å². The normalized spacial score (nSPS) is 17.3. The van der Waals surface area contributed by atoms with Crippen molar-refractivity contribution < 1.29 is 0 Å². The van der Waals surface area contributed by atoms with Gasteiger partial charge in [0.1, 0.15) is 0 Å². The van der Waals surface area contributed by atoms with E-state index in [1.54, 1.807) is 0 Å². The molecule has 56 valence electrons. The van der Waals surface area contributed by atoms with E-state index in [4.69, 9.17) is 17.2 Å². The Bertz CT molecular complexity index is 61.2. The van der Waals surface area contributed by atoms with E-state index in [0.717, 1.165) is 10.8 Å². The van der Waals surface area contributed by atoms with Crippen molar-refractivity contribution in [1.82, 2.24) is 0 Å². The molecule has 9 heavy (non-hydrogen) atoms. The first-order valence-corrected chi connectivity index (χ1v) is 4.50. The summed E-state index contributed by atoms with van der Waals surface area (Å²) in [6.45, 7) is 0.532. The van der Waals surface area contributed by atoms with E-state index in [2.05, 4.69) is 22.6 Å². The zero-order chi connectivity index (χ0) is 7.28. The maximum absolute atomic E-state index is 5.61. The third kappa shape index (κ3) is 5.07. The van der Waals surface area contributed by atoms with Crippen LogP contribution in [0.4, 0.5) is 0 Å². The van der Waals surface area contributed by atoms with Crippen molar-refractivity contribution in [2.24, 2.45) is 17.2 Å². The van der Waals surface area contributed by atoms with Gasteiger partial charge in [0.25, 0.3) is 0 Å². The quantitative estimate of drug-likeness (QED) is 0.457. The molecule has 0 heterocycles. The predicted molar refractivity (Wildman–Crippen MR) is 48.5 cm³/mol. The van der Waals surface area contributed by atoms with Crippen LogP contribution in [0.3, 0.4) is 0 Å². The van der Waals surface area contributed by atoms with Crippen LogP contribution in [0, 0.1) is 0 Å². The fourth-order valence-corrected chi connectivity index (χ4v) is 0.908. The van der Waals surface area contributed by atoms with Gasteiger partial charge in [-0.25, -0.2) is 0 Å². The summed E-state index contributed by atoms with van der Waals surface area (Å²) in [4.78, 5) is 0. The molecule has 6 N–H and O–H groups in total. The molecule has 0 saturated heterocycles. The van der Waals surface area contributed by atoms with E-state index >= 15 is 0 Å². The zero-order valence-corrected chi connectivity index (χ0v) is 7.54.